The second-order valence-electron chi connectivity index (χ2n) is 4.25. The van der Waals surface area contributed by atoms with Crippen LogP contribution >= 0.6 is 11.6 Å². The molecule has 1 aromatic carbocycles. The van der Waals surface area contributed by atoms with Crippen molar-refractivity contribution in [3.05, 3.63) is 65.7 Å². The summed E-state index contributed by atoms with van der Waals surface area (Å²) in [6, 6.07) is 8.89. The molecule has 0 unspecified atom stereocenters. The van der Waals surface area contributed by atoms with Crippen LogP contribution in [0.25, 0.3) is 10.8 Å². The van der Waals surface area contributed by atoms with Gasteiger partial charge < -0.3 is 5.32 Å². The second-order valence-corrected chi connectivity index (χ2v) is 4.68. The number of benzene rings is 1. The molecule has 0 saturated carbocycles. The topological polar surface area (TPSA) is 54.9 Å². The van der Waals surface area contributed by atoms with Crippen molar-refractivity contribution in [2.45, 2.75) is 0 Å². The highest BCUT2D eigenvalue weighted by Gasteiger charge is 2.11. The number of nitrogens with zero attached hydrogens (tertiary/aromatic N) is 2. The van der Waals surface area contributed by atoms with Gasteiger partial charge in [-0.25, -0.2) is 0 Å². The molecule has 0 aliphatic heterocycles. The van der Waals surface area contributed by atoms with E-state index in [9.17, 15) is 4.79 Å². The van der Waals surface area contributed by atoms with Crippen LogP contribution in [0.3, 0.4) is 0 Å². The lowest BCUT2D eigenvalue weighted by molar-refractivity contribution is 0.102. The minimum absolute atomic E-state index is 0.224. The van der Waals surface area contributed by atoms with Gasteiger partial charge in [-0.1, -0.05) is 17.7 Å². The Morgan fingerprint density at radius 2 is 2.00 bits per heavy atom. The minimum Gasteiger partial charge on any atom is -0.321 e. The molecule has 3 rings (SSSR count). The van der Waals surface area contributed by atoms with Crippen molar-refractivity contribution in [1.29, 1.82) is 0 Å². The van der Waals surface area contributed by atoms with Crippen molar-refractivity contribution in [1.82, 2.24) is 9.97 Å². The van der Waals surface area contributed by atoms with Gasteiger partial charge in [-0.2, -0.15) is 0 Å². The summed E-state index contributed by atoms with van der Waals surface area (Å²) in [6.45, 7) is 0. The lowest BCUT2D eigenvalue weighted by atomic mass is 10.1. The lowest BCUT2D eigenvalue weighted by Crippen LogP contribution is -2.12. The molecular weight excluding hydrogens is 274 g/mol. The molecule has 0 aliphatic carbocycles. The zero-order valence-electron chi connectivity index (χ0n) is 10.4. The van der Waals surface area contributed by atoms with Crippen molar-refractivity contribution in [2.24, 2.45) is 0 Å². The first-order chi connectivity index (χ1) is 9.74. The lowest BCUT2D eigenvalue weighted by Gasteiger charge is -2.07. The van der Waals surface area contributed by atoms with Gasteiger partial charge in [0.2, 0.25) is 0 Å². The summed E-state index contributed by atoms with van der Waals surface area (Å²) < 4.78 is 0. The van der Waals surface area contributed by atoms with Crippen LogP contribution in [0, 0.1) is 0 Å². The summed E-state index contributed by atoms with van der Waals surface area (Å²) in [5.41, 5.74) is 1.14. The fraction of sp³-hybridized carbons (Fsp3) is 0. The number of aromatic nitrogens is 2. The van der Waals surface area contributed by atoms with Crippen LogP contribution in [0.2, 0.25) is 5.02 Å². The minimum atomic E-state index is -0.224. The zero-order valence-corrected chi connectivity index (χ0v) is 11.1. The Labute approximate surface area is 120 Å². The van der Waals surface area contributed by atoms with E-state index in [2.05, 4.69) is 15.3 Å². The van der Waals surface area contributed by atoms with Gasteiger partial charge in [-0.15, -0.1) is 0 Å². The molecule has 5 heteroatoms. The molecule has 0 fully saturated rings. The number of hydrogen-bond acceptors (Lipinski definition) is 3. The summed E-state index contributed by atoms with van der Waals surface area (Å²) in [7, 11) is 0. The van der Waals surface area contributed by atoms with E-state index in [1.54, 1.807) is 49.1 Å². The van der Waals surface area contributed by atoms with Crippen LogP contribution in [0.1, 0.15) is 10.4 Å². The summed E-state index contributed by atoms with van der Waals surface area (Å²) in [5, 5.41) is 5.05. The van der Waals surface area contributed by atoms with Crippen molar-refractivity contribution >= 4 is 34.0 Å². The predicted molar refractivity (Wildman–Crippen MR) is 78.9 cm³/mol. The molecule has 2 heterocycles. The Morgan fingerprint density at radius 3 is 2.80 bits per heavy atom. The zero-order chi connectivity index (χ0) is 13.9. The third-order valence-corrected chi connectivity index (χ3v) is 3.12. The van der Waals surface area contributed by atoms with Crippen LogP contribution in [-0.2, 0) is 0 Å². The standard InChI is InChI=1S/C15H10ClN3O/c16-11-3-4-13-10(6-11)7-18-9-14(13)15(20)19-12-2-1-5-17-8-12/h1-9H,(H,19,20). The molecule has 0 saturated heterocycles. The van der Waals surface area contributed by atoms with Crippen LogP contribution < -0.4 is 5.32 Å². The molecular formula is C15H10ClN3O. The van der Waals surface area contributed by atoms with Crippen molar-refractivity contribution in [3.63, 3.8) is 0 Å². The van der Waals surface area contributed by atoms with Gasteiger partial charge in [-0.05, 0) is 29.7 Å². The first-order valence-electron chi connectivity index (χ1n) is 5.99. The molecule has 98 valence electrons. The third kappa shape index (κ3) is 2.46. The maximum Gasteiger partial charge on any atom is 0.257 e. The van der Waals surface area contributed by atoms with E-state index in [1.807, 2.05) is 6.07 Å². The first-order valence-corrected chi connectivity index (χ1v) is 6.36. The van der Waals surface area contributed by atoms with Gasteiger partial charge >= 0.3 is 0 Å². The largest absolute Gasteiger partial charge is 0.321 e. The van der Waals surface area contributed by atoms with E-state index in [0.717, 1.165) is 10.8 Å². The molecule has 1 amide bonds. The normalized spacial score (nSPS) is 10.4. The molecule has 20 heavy (non-hydrogen) atoms. The number of fused-ring (bicyclic) bond motifs is 1. The molecule has 0 radical (unpaired) electrons. The second kappa shape index (κ2) is 5.27. The van der Waals surface area contributed by atoms with Crippen LogP contribution in [0.5, 0.6) is 0 Å². The van der Waals surface area contributed by atoms with Crippen molar-refractivity contribution in [3.8, 4) is 0 Å². The highest BCUT2D eigenvalue weighted by Crippen LogP contribution is 2.22. The predicted octanol–water partition coefficient (Wildman–Crippen LogP) is 3.54. The van der Waals surface area contributed by atoms with Crippen molar-refractivity contribution in [2.75, 3.05) is 5.32 Å². The SMILES string of the molecule is O=C(Nc1cccnc1)c1cncc2cc(Cl)ccc12. The first kappa shape index (κ1) is 12.6. The molecule has 0 spiro atoms. The van der Waals surface area contributed by atoms with Crippen LogP contribution in [0.15, 0.2) is 55.1 Å². The quantitative estimate of drug-likeness (QED) is 0.783. The number of rotatable bonds is 2. The van der Waals surface area contributed by atoms with E-state index >= 15 is 0 Å². The van der Waals surface area contributed by atoms with Gasteiger partial charge in [0.1, 0.15) is 0 Å². The van der Waals surface area contributed by atoms with Gasteiger partial charge in [0.25, 0.3) is 5.91 Å². The Morgan fingerprint density at radius 1 is 1.10 bits per heavy atom. The third-order valence-electron chi connectivity index (χ3n) is 2.89. The fourth-order valence-corrected chi connectivity index (χ4v) is 2.14. The Kier molecular flexibility index (Phi) is 3.31. The average Bonchev–Trinajstić information content (AvgIpc) is 2.47. The van der Waals surface area contributed by atoms with E-state index < -0.39 is 0 Å². The molecule has 0 atom stereocenters. The van der Waals surface area contributed by atoms with Gasteiger partial charge in [0.05, 0.1) is 17.4 Å². The number of pyridine rings is 2. The smallest absolute Gasteiger partial charge is 0.257 e. The van der Waals surface area contributed by atoms with Crippen LogP contribution in [-0.4, -0.2) is 15.9 Å². The van der Waals surface area contributed by atoms with E-state index in [4.69, 9.17) is 11.6 Å². The molecule has 0 bridgehead atoms. The maximum atomic E-state index is 12.3. The number of amides is 1. The number of halogens is 1. The molecule has 4 nitrogen and oxygen atoms in total. The molecule has 2 aromatic heterocycles. The summed E-state index contributed by atoms with van der Waals surface area (Å²) in [4.78, 5) is 20.3. The average molecular weight is 284 g/mol. The number of carbonyl (C=O) groups excluding carboxylic acids is 1. The van der Waals surface area contributed by atoms with Gasteiger partial charge in [0, 0.05) is 29.0 Å². The van der Waals surface area contributed by atoms with E-state index in [-0.39, 0.29) is 5.91 Å². The number of hydrogen-bond donors (Lipinski definition) is 1. The summed E-state index contributed by atoms with van der Waals surface area (Å²) in [5.74, 6) is -0.224. The molecule has 3 aromatic rings. The molecule has 1 N–H and O–H groups in total. The monoisotopic (exact) mass is 283 g/mol. The number of carbonyl (C=O) groups is 1. The number of nitrogens with one attached hydrogen (secondary N) is 1. The maximum absolute atomic E-state index is 12.3. The molecule has 0 aliphatic rings. The van der Waals surface area contributed by atoms with E-state index in [0.29, 0.717) is 16.3 Å². The summed E-state index contributed by atoms with van der Waals surface area (Å²) in [6.07, 6.45) is 6.47. The van der Waals surface area contributed by atoms with Crippen molar-refractivity contribution < 1.29 is 4.79 Å². The van der Waals surface area contributed by atoms with E-state index in [1.165, 1.54) is 0 Å². The summed E-state index contributed by atoms with van der Waals surface area (Å²) >= 11 is 5.94. The Balaban J connectivity index is 2.00. The highest BCUT2D eigenvalue weighted by atomic mass is 35.5. The Hall–Kier alpha value is -2.46. The highest BCUT2D eigenvalue weighted by molar-refractivity contribution is 6.31. The van der Waals surface area contributed by atoms with Gasteiger partial charge in [-0.3, -0.25) is 14.8 Å². The number of anilines is 1. The Bertz CT molecular complexity index is 774. The fourth-order valence-electron chi connectivity index (χ4n) is 1.96. The van der Waals surface area contributed by atoms with Crippen LogP contribution in [0.4, 0.5) is 5.69 Å². The van der Waals surface area contributed by atoms with Gasteiger partial charge in [0.15, 0.2) is 0 Å².